The van der Waals surface area contributed by atoms with E-state index >= 15 is 0 Å². The Balaban J connectivity index is 1.67. The van der Waals surface area contributed by atoms with Gasteiger partial charge < -0.3 is 10.1 Å². The fraction of sp³-hybridized carbons (Fsp3) is 0.136. The molecule has 0 saturated carbocycles. The van der Waals surface area contributed by atoms with Crippen LogP contribution in [-0.2, 0) is 21.0 Å². The van der Waals surface area contributed by atoms with E-state index in [0.717, 1.165) is 6.07 Å². The van der Waals surface area contributed by atoms with Crippen molar-refractivity contribution in [3.63, 3.8) is 0 Å². The number of carbonyl (C=O) groups is 1. The zero-order valence-corrected chi connectivity index (χ0v) is 18.7. The molecule has 2 N–H and O–H groups in total. The van der Waals surface area contributed by atoms with E-state index in [1.165, 1.54) is 24.3 Å². The Morgan fingerprint density at radius 2 is 1.73 bits per heavy atom. The summed E-state index contributed by atoms with van der Waals surface area (Å²) in [5.41, 5.74) is -0.723. The molecule has 0 atom stereocenters. The molecule has 0 aliphatic heterocycles. The summed E-state index contributed by atoms with van der Waals surface area (Å²) in [6.07, 6.45) is -4.71. The number of para-hydroxylation sites is 1. The van der Waals surface area contributed by atoms with Gasteiger partial charge in [0.2, 0.25) is 0 Å². The summed E-state index contributed by atoms with van der Waals surface area (Å²) in [6.45, 7) is 0.991. The molecular formula is C22H18ClF3N2O4S. The number of alkyl halides is 3. The Hall–Kier alpha value is -3.24. The summed E-state index contributed by atoms with van der Waals surface area (Å²) < 4.78 is 72.4. The van der Waals surface area contributed by atoms with Gasteiger partial charge in [-0.1, -0.05) is 29.8 Å². The first-order chi connectivity index (χ1) is 15.5. The number of benzene rings is 3. The van der Waals surface area contributed by atoms with Crippen LogP contribution in [0.1, 0.15) is 11.1 Å². The predicted molar refractivity (Wildman–Crippen MR) is 119 cm³/mol. The topological polar surface area (TPSA) is 84.5 Å². The number of sulfonamides is 1. The van der Waals surface area contributed by atoms with Gasteiger partial charge in [0.1, 0.15) is 5.75 Å². The van der Waals surface area contributed by atoms with E-state index < -0.39 is 40.0 Å². The number of rotatable bonds is 7. The third-order valence-corrected chi connectivity index (χ3v) is 6.02. The van der Waals surface area contributed by atoms with Crippen molar-refractivity contribution in [1.29, 1.82) is 0 Å². The molecule has 6 nitrogen and oxygen atoms in total. The van der Waals surface area contributed by atoms with Crippen LogP contribution in [0.25, 0.3) is 0 Å². The number of amides is 1. The lowest BCUT2D eigenvalue weighted by Crippen LogP contribution is -2.22. The number of nitrogens with one attached hydrogen (secondary N) is 2. The lowest BCUT2D eigenvalue weighted by molar-refractivity contribution is -0.137. The van der Waals surface area contributed by atoms with E-state index in [4.69, 9.17) is 16.3 Å². The minimum absolute atomic E-state index is 0.0170. The van der Waals surface area contributed by atoms with Gasteiger partial charge in [-0.3, -0.25) is 9.52 Å². The molecular weight excluding hydrogens is 481 g/mol. The second kappa shape index (κ2) is 9.72. The van der Waals surface area contributed by atoms with Gasteiger partial charge in [-0.25, -0.2) is 8.42 Å². The maximum absolute atomic E-state index is 13.2. The highest BCUT2D eigenvalue weighted by Crippen LogP contribution is 2.36. The molecule has 1 amide bonds. The van der Waals surface area contributed by atoms with Crippen molar-refractivity contribution in [2.45, 2.75) is 18.0 Å². The Morgan fingerprint density at radius 1 is 1.03 bits per heavy atom. The molecule has 0 spiro atoms. The van der Waals surface area contributed by atoms with E-state index in [0.29, 0.717) is 17.3 Å². The molecule has 0 unspecified atom stereocenters. The summed E-state index contributed by atoms with van der Waals surface area (Å²) in [4.78, 5) is 12.1. The minimum Gasteiger partial charge on any atom is -0.483 e. The Bertz CT molecular complexity index is 1270. The molecule has 3 aromatic rings. The van der Waals surface area contributed by atoms with E-state index in [1.54, 1.807) is 37.3 Å². The van der Waals surface area contributed by atoms with Gasteiger partial charge in [0, 0.05) is 10.7 Å². The second-order valence-corrected chi connectivity index (χ2v) is 9.04. The molecule has 0 heterocycles. The van der Waals surface area contributed by atoms with Crippen LogP contribution in [0.3, 0.4) is 0 Å². The zero-order valence-electron chi connectivity index (χ0n) is 17.1. The second-order valence-electron chi connectivity index (χ2n) is 6.92. The average Bonchev–Trinajstić information content (AvgIpc) is 2.73. The Labute approximate surface area is 193 Å². The number of hydrogen-bond donors (Lipinski definition) is 2. The van der Waals surface area contributed by atoms with E-state index in [-0.39, 0.29) is 15.7 Å². The lowest BCUT2D eigenvalue weighted by atomic mass is 10.1. The lowest BCUT2D eigenvalue weighted by Gasteiger charge is -2.15. The summed E-state index contributed by atoms with van der Waals surface area (Å²) in [5, 5.41) is 2.03. The van der Waals surface area contributed by atoms with Crippen LogP contribution in [0, 0.1) is 6.92 Å². The fourth-order valence-corrected chi connectivity index (χ4v) is 4.18. The standard InChI is InChI=1S/C22H18ClF3N2O4S/c1-14-11-17(33(30,31)28-16-5-3-2-4-6-16)8-10-20(14)32-13-21(29)27-19-9-7-15(23)12-18(19)22(24,25)26/h2-12,28H,13H2,1H3,(H,27,29). The number of hydrogen-bond acceptors (Lipinski definition) is 4. The van der Waals surface area contributed by atoms with Crippen molar-refractivity contribution >= 4 is 38.9 Å². The van der Waals surface area contributed by atoms with E-state index in [1.807, 2.05) is 0 Å². The SMILES string of the molecule is Cc1cc(S(=O)(=O)Nc2ccccc2)ccc1OCC(=O)Nc1ccc(Cl)cc1C(F)(F)F. The molecule has 0 radical (unpaired) electrons. The van der Waals surface area contributed by atoms with Crippen LogP contribution < -0.4 is 14.8 Å². The van der Waals surface area contributed by atoms with Crippen LogP contribution in [0.5, 0.6) is 5.75 Å². The molecule has 0 aliphatic carbocycles. The molecule has 0 aliphatic rings. The van der Waals surface area contributed by atoms with E-state index in [9.17, 15) is 26.4 Å². The van der Waals surface area contributed by atoms with Gasteiger partial charge >= 0.3 is 6.18 Å². The first kappa shape index (κ1) is 24.4. The monoisotopic (exact) mass is 498 g/mol. The molecule has 0 fully saturated rings. The van der Waals surface area contributed by atoms with E-state index in [2.05, 4.69) is 10.0 Å². The third kappa shape index (κ3) is 6.39. The maximum atomic E-state index is 13.2. The van der Waals surface area contributed by atoms with Crippen LogP contribution in [-0.4, -0.2) is 20.9 Å². The largest absolute Gasteiger partial charge is 0.483 e. The van der Waals surface area contributed by atoms with Gasteiger partial charge in [-0.05, 0) is 61.0 Å². The maximum Gasteiger partial charge on any atom is 0.418 e. The van der Waals surface area contributed by atoms with Crippen molar-refractivity contribution in [2.75, 3.05) is 16.6 Å². The highest BCUT2D eigenvalue weighted by molar-refractivity contribution is 7.92. The molecule has 174 valence electrons. The minimum atomic E-state index is -4.71. The van der Waals surface area contributed by atoms with Crippen LogP contribution >= 0.6 is 11.6 Å². The average molecular weight is 499 g/mol. The molecule has 0 saturated heterocycles. The highest BCUT2D eigenvalue weighted by Gasteiger charge is 2.34. The number of carbonyl (C=O) groups excluding carboxylic acids is 1. The first-order valence-corrected chi connectivity index (χ1v) is 11.3. The zero-order chi connectivity index (χ0) is 24.2. The normalized spacial score (nSPS) is 11.7. The fourth-order valence-electron chi connectivity index (χ4n) is 2.86. The summed E-state index contributed by atoms with van der Waals surface area (Å²) >= 11 is 5.62. The Morgan fingerprint density at radius 3 is 2.36 bits per heavy atom. The van der Waals surface area contributed by atoms with Crippen LogP contribution in [0.4, 0.5) is 24.5 Å². The van der Waals surface area contributed by atoms with Gasteiger partial charge in [0.15, 0.2) is 6.61 Å². The van der Waals surface area contributed by atoms with Crippen LogP contribution in [0.2, 0.25) is 5.02 Å². The first-order valence-electron chi connectivity index (χ1n) is 9.43. The molecule has 3 rings (SSSR count). The number of aryl methyl sites for hydroxylation is 1. The smallest absolute Gasteiger partial charge is 0.418 e. The Kier molecular flexibility index (Phi) is 7.19. The van der Waals surface area contributed by atoms with Crippen molar-refractivity contribution in [2.24, 2.45) is 0 Å². The van der Waals surface area contributed by atoms with Crippen molar-refractivity contribution in [3.8, 4) is 5.75 Å². The van der Waals surface area contributed by atoms with Gasteiger partial charge in [0.25, 0.3) is 15.9 Å². The highest BCUT2D eigenvalue weighted by atomic mass is 35.5. The molecule has 11 heteroatoms. The van der Waals surface area contributed by atoms with Crippen molar-refractivity contribution in [1.82, 2.24) is 0 Å². The van der Waals surface area contributed by atoms with Gasteiger partial charge in [-0.2, -0.15) is 13.2 Å². The number of halogens is 4. The third-order valence-electron chi connectivity index (χ3n) is 4.40. The molecule has 0 aromatic heterocycles. The summed E-state index contributed by atoms with van der Waals surface area (Å²) in [7, 11) is -3.85. The molecule has 0 bridgehead atoms. The summed E-state index contributed by atoms with van der Waals surface area (Å²) in [5.74, 6) is -0.624. The van der Waals surface area contributed by atoms with Crippen molar-refractivity contribution in [3.05, 3.63) is 82.9 Å². The molecule has 33 heavy (non-hydrogen) atoms. The predicted octanol–water partition coefficient (Wildman–Crippen LogP) is 5.49. The quantitative estimate of drug-likeness (QED) is 0.451. The van der Waals surface area contributed by atoms with Gasteiger partial charge in [0.05, 0.1) is 16.1 Å². The summed E-state index contributed by atoms with van der Waals surface area (Å²) in [6, 6.07) is 15.3. The van der Waals surface area contributed by atoms with Gasteiger partial charge in [-0.15, -0.1) is 0 Å². The van der Waals surface area contributed by atoms with Crippen molar-refractivity contribution < 1.29 is 31.1 Å². The molecule has 3 aromatic carbocycles. The van der Waals surface area contributed by atoms with Crippen LogP contribution in [0.15, 0.2) is 71.6 Å². The number of anilines is 2. The number of ether oxygens (including phenoxy) is 1.